The Bertz CT molecular complexity index is 117. The van der Waals surface area contributed by atoms with Gasteiger partial charge in [0.25, 0.3) is 0 Å². The van der Waals surface area contributed by atoms with Gasteiger partial charge in [-0.2, -0.15) is 0 Å². The Morgan fingerprint density at radius 1 is 1.08 bits per heavy atom. The first-order valence-corrected chi connectivity index (χ1v) is 3.95. The molecule has 0 aliphatic carbocycles. The average Bonchev–Trinajstić information content (AvgIpc) is 2.20. The maximum absolute atomic E-state index is 3.56. The van der Waals surface area contributed by atoms with Crippen LogP contribution in [0.3, 0.4) is 0 Å². The first kappa shape index (κ1) is 17.0. The van der Waals surface area contributed by atoms with Crippen molar-refractivity contribution in [3.63, 3.8) is 0 Å². The van der Waals surface area contributed by atoms with Gasteiger partial charge in [-0.1, -0.05) is 52.3 Å². The van der Waals surface area contributed by atoms with E-state index in [4.69, 9.17) is 0 Å². The molecule has 70 valence electrons. The molecule has 1 heteroatoms. The Balaban J connectivity index is -0.000000118. The Kier molecular flexibility index (Phi) is 32.0. The zero-order valence-electron chi connectivity index (χ0n) is 8.56. The third kappa shape index (κ3) is 37.3. The van der Waals surface area contributed by atoms with Gasteiger partial charge in [0.1, 0.15) is 0 Å². The SMILES string of the molecule is C=CC(=C)NC.C=CC=C.CC. The molecule has 0 amide bonds. The molecule has 0 fully saturated rings. The van der Waals surface area contributed by atoms with E-state index in [1.165, 1.54) is 0 Å². The van der Waals surface area contributed by atoms with Gasteiger partial charge in [-0.05, 0) is 6.08 Å². The number of likely N-dealkylation sites (N-methyl/N-ethyl adjacent to an activating group) is 1. The van der Waals surface area contributed by atoms with E-state index in [1.807, 2.05) is 20.9 Å². The zero-order chi connectivity index (χ0) is 10.4. The molecule has 0 atom stereocenters. The summed E-state index contributed by atoms with van der Waals surface area (Å²) in [6, 6.07) is 0. The molecule has 0 aromatic rings. The molecular weight excluding hydrogens is 146 g/mol. The van der Waals surface area contributed by atoms with Gasteiger partial charge in [-0.25, -0.2) is 0 Å². The summed E-state index contributed by atoms with van der Waals surface area (Å²) < 4.78 is 0. The lowest BCUT2D eigenvalue weighted by Gasteiger charge is -1.90. The molecule has 0 rings (SSSR count). The lowest BCUT2D eigenvalue weighted by molar-refractivity contribution is 1.04. The summed E-state index contributed by atoms with van der Waals surface area (Å²) in [5.41, 5.74) is 0.856. The van der Waals surface area contributed by atoms with Crippen LogP contribution in [0.5, 0.6) is 0 Å². The van der Waals surface area contributed by atoms with Crippen molar-refractivity contribution in [2.45, 2.75) is 13.8 Å². The van der Waals surface area contributed by atoms with Gasteiger partial charge in [0.05, 0.1) is 0 Å². The molecule has 0 unspecified atom stereocenters. The summed E-state index contributed by atoms with van der Waals surface area (Å²) in [5.74, 6) is 0. The van der Waals surface area contributed by atoms with E-state index in [1.54, 1.807) is 18.2 Å². The smallest absolute Gasteiger partial charge is 0.0258 e. The Morgan fingerprint density at radius 2 is 1.42 bits per heavy atom. The van der Waals surface area contributed by atoms with Crippen molar-refractivity contribution < 1.29 is 0 Å². The normalized spacial score (nSPS) is 5.58. The highest BCUT2D eigenvalue weighted by molar-refractivity contribution is 5.06. The van der Waals surface area contributed by atoms with E-state index in [-0.39, 0.29) is 0 Å². The summed E-state index contributed by atoms with van der Waals surface area (Å²) >= 11 is 0. The summed E-state index contributed by atoms with van der Waals surface area (Å²) in [6.45, 7) is 17.8. The van der Waals surface area contributed by atoms with Crippen LogP contribution in [0.4, 0.5) is 0 Å². The fourth-order valence-corrected chi connectivity index (χ4v) is 0.102. The molecule has 0 saturated carbocycles. The minimum Gasteiger partial charge on any atom is -0.389 e. The second kappa shape index (κ2) is 22.6. The first-order chi connectivity index (χ1) is 5.72. The highest BCUT2D eigenvalue weighted by Crippen LogP contribution is 1.76. The van der Waals surface area contributed by atoms with Crippen LogP contribution in [0.2, 0.25) is 0 Å². The summed E-state index contributed by atoms with van der Waals surface area (Å²) in [6.07, 6.45) is 4.94. The first-order valence-electron chi connectivity index (χ1n) is 3.95. The molecule has 1 N–H and O–H groups in total. The summed E-state index contributed by atoms with van der Waals surface area (Å²) in [4.78, 5) is 0. The molecule has 0 bridgehead atoms. The number of nitrogens with one attached hydrogen (secondary N) is 1. The molecule has 0 radical (unpaired) electrons. The molecular formula is C11H21N. The summed E-state index contributed by atoms with van der Waals surface area (Å²) in [7, 11) is 1.81. The van der Waals surface area contributed by atoms with Gasteiger partial charge >= 0.3 is 0 Å². The van der Waals surface area contributed by atoms with E-state index in [2.05, 4.69) is 31.6 Å². The monoisotopic (exact) mass is 167 g/mol. The standard InChI is InChI=1S/C5H9N.C4H6.C2H6/c1-4-5(2)6-3;1-3-4-2;1-2/h4,6H,1-2H2,3H3;3-4H,1-2H2;1-2H3. The van der Waals surface area contributed by atoms with Crippen LogP contribution < -0.4 is 5.32 Å². The van der Waals surface area contributed by atoms with Crippen LogP contribution >= 0.6 is 0 Å². The number of allylic oxidation sites excluding steroid dienone is 3. The molecule has 0 spiro atoms. The Labute approximate surface area is 77.2 Å². The van der Waals surface area contributed by atoms with Crippen LogP contribution in [-0.4, -0.2) is 7.05 Å². The van der Waals surface area contributed by atoms with Crippen LogP contribution in [-0.2, 0) is 0 Å². The Morgan fingerprint density at radius 3 is 1.42 bits per heavy atom. The quantitative estimate of drug-likeness (QED) is 0.636. The van der Waals surface area contributed by atoms with E-state index in [0.717, 1.165) is 5.70 Å². The van der Waals surface area contributed by atoms with Gasteiger partial charge in [-0.15, -0.1) is 0 Å². The van der Waals surface area contributed by atoms with Crippen molar-refractivity contribution in [3.05, 3.63) is 50.2 Å². The molecule has 0 aromatic carbocycles. The predicted octanol–water partition coefficient (Wildman–Crippen LogP) is 3.29. The second-order valence-electron chi connectivity index (χ2n) is 1.45. The van der Waals surface area contributed by atoms with E-state index >= 15 is 0 Å². The molecule has 0 aliphatic rings. The van der Waals surface area contributed by atoms with Gasteiger partial charge in [0.2, 0.25) is 0 Å². The highest BCUT2D eigenvalue weighted by atomic mass is 14.8. The molecule has 0 aliphatic heterocycles. The molecule has 12 heavy (non-hydrogen) atoms. The minimum atomic E-state index is 0.856. The van der Waals surface area contributed by atoms with Crippen LogP contribution in [0.15, 0.2) is 50.2 Å². The lowest BCUT2D eigenvalue weighted by atomic mass is 10.5. The summed E-state index contributed by atoms with van der Waals surface area (Å²) in [5, 5.41) is 2.80. The van der Waals surface area contributed by atoms with Crippen molar-refractivity contribution in [3.8, 4) is 0 Å². The maximum atomic E-state index is 3.56. The Hall–Kier alpha value is -1.24. The molecule has 0 heterocycles. The van der Waals surface area contributed by atoms with E-state index < -0.39 is 0 Å². The average molecular weight is 167 g/mol. The molecule has 0 aromatic heterocycles. The van der Waals surface area contributed by atoms with Gasteiger partial charge in [-0.3, -0.25) is 0 Å². The van der Waals surface area contributed by atoms with Gasteiger partial charge < -0.3 is 5.32 Å². The number of rotatable bonds is 3. The molecule has 1 nitrogen and oxygen atoms in total. The molecule has 0 saturated heterocycles. The highest BCUT2D eigenvalue weighted by Gasteiger charge is 1.68. The van der Waals surface area contributed by atoms with E-state index in [9.17, 15) is 0 Å². The van der Waals surface area contributed by atoms with Gasteiger partial charge in [0, 0.05) is 12.7 Å². The second-order valence-corrected chi connectivity index (χ2v) is 1.45. The fourth-order valence-electron chi connectivity index (χ4n) is 0.102. The predicted molar refractivity (Wildman–Crippen MR) is 60.1 cm³/mol. The topological polar surface area (TPSA) is 12.0 Å². The van der Waals surface area contributed by atoms with Crippen molar-refractivity contribution >= 4 is 0 Å². The van der Waals surface area contributed by atoms with Crippen molar-refractivity contribution in [2.75, 3.05) is 7.05 Å². The maximum Gasteiger partial charge on any atom is 0.0258 e. The number of hydrogen-bond acceptors (Lipinski definition) is 1. The van der Waals surface area contributed by atoms with Crippen LogP contribution in [0, 0.1) is 0 Å². The number of hydrogen-bond donors (Lipinski definition) is 1. The van der Waals surface area contributed by atoms with Crippen LogP contribution in [0.1, 0.15) is 13.8 Å². The van der Waals surface area contributed by atoms with Crippen molar-refractivity contribution in [1.29, 1.82) is 0 Å². The lowest BCUT2D eigenvalue weighted by Crippen LogP contribution is -1.99. The van der Waals surface area contributed by atoms with E-state index in [0.29, 0.717) is 0 Å². The fraction of sp³-hybridized carbons (Fsp3) is 0.273. The zero-order valence-corrected chi connectivity index (χ0v) is 8.56. The van der Waals surface area contributed by atoms with Gasteiger partial charge in [0.15, 0.2) is 0 Å². The largest absolute Gasteiger partial charge is 0.389 e. The van der Waals surface area contributed by atoms with Crippen molar-refractivity contribution in [1.82, 2.24) is 5.32 Å². The van der Waals surface area contributed by atoms with Crippen LogP contribution in [0.25, 0.3) is 0 Å². The third-order valence-electron chi connectivity index (χ3n) is 0.734. The minimum absolute atomic E-state index is 0.856. The van der Waals surface area contributed by atoms with Crippen molar-refractivity contribution in [2.24, 2.45) is 0 Å². The third-order valence-corrected chi connectivity index (χ3v) is 0.734.